The van der Waals surface area contributed by atoms with Gasteiger partial charge < -0.3 is 16.8 Å². The molecule has 92 valence electrons. The van der Waals surface area contributed by atoms with Crippen molar-refractivity contribution in [3.63, 3.8) is 0 Å². The van der Waals surface area contributed by atoms with Gasteiger partial charge in [0.25, 0.3) is 0 Å². The zero-order chi connectivity index (χ0) is 13.0. The van der Waals surface area contributed by atoms with Gasteiger partial charge in [0.15, 0.2) is 5.15 Å². The van der Waals surface area contributed by atoms with Gasteiger partial charge in [-0.1, -0.05) is 11.6 Å². The van der Waals surface area contributed by atoms with Gasteiger partial charge in [-0.3, -0.25) is 9.59 Å². The Balaban J connectivity index is 2.73. The quantitative estimate of drug-likeness (QED) is 0.706. The van der Waals surface area contributed by atoms with Crippen LogP contribution < -0.4 is 16.8 Å². The largest absolute Gasteiger partial charge is 0.370 e. The molecule has 8 heteroatoms. The van der Waals surface area contributed by atoms with Gasteiger partial charge in [-0.05, 0) is 22.0 Å². The van der Waals surface area contributed by atoms with Gasteiger partial charge in [-0.25, -0.2) is 4.98 Å². The van der Waals surface area contributed by atoms with E-state index in [0.717, 1.165) is 0 Å². The van der Waals surface area contributed by atoms with Crippen molar-refractivity contribution in [1.29, 1.82) is 0 Å². The summed E-state index contributed by atoms with van der Waals surface area (Å²) in [4.78, 5) is 26.0. The standard InChI is InChI=1S/C9H10BrClN4O2/c10-4-1-6(8(11)14-3-4)15-9(17)5(12)2-7(13)16/h1,3,5H,2,12H2,(H2,13,16)(H,15,17). The number of amides is 2. The van der Waals surface area contributed by atoms with E-state index in [0.29, 0.717) is 10.2 Å². The fourth-order valence-electron chi connectivity index (χ4n) is 1.05. The second-order valence-corrected chi connectivity index (χ2v) is 4.53. The number of nitrogens with zero attached hydrogens (tertiary/aromatic N) is 1. The second kappa shape index (κ2) is 5.95. The molecule has 1 heterocycles. The predicted octanol–water partition coefficient (Wildman–Crippen LogP) is 0.639. The number of nitrogens with one attached hydrogen (secondary N) is 1. The Labute approximate surface area is 111 Å². The van der Waals surface area contributed by atoms with E-state index >= 15 is 0 Å². The molecule has 1 aromatic rings. The molecule has 0 aliphatic carbocycles. The smallest absolute Gasteiger partial charge is 0.241 e. The van der Waals surface area contributed by atoms with Gasteiger partial charge in [-0.2, -0.15) is 0 Å². The monoisotopic (exact) mass is 320 g/mol. The molecule has 1 unspecified atom stereocenters. The lowest BCUT2D eigenvalue weighted by atomic mass is 10.2. The molecule has 0 aromatic carbocycles. The maximum absolute atomic E-state index is 11.6. The zero-order valence-corrected chi connectivity index (χ0v) is 11.0. The number of carbonyl (C=O) groups is 2. The highest BCUT2D eigenvalue weighted by atomic mass is 79.9. The first-order valence-electron chi connectivity index (χ1n) is 4.56. The molecule has 5 N–H and O–H groups in total. The summed E-state index contributed by atoms with van der Waals surface area (Å²) >= 11 is 8.96. The molecule has 0 aliphatic rings. The highest BCUT2D eigenvalue weighted by Gasteiger charge is 2.17. The van der Waals surface area contributed by atoms with Gasteiger partial charge in [0, 0.05) is 10.7 Å². The molecule has 0 saturated carbocycles. The van der Waals surface area contributed by atoms with Gasteiger partial charge in [0.2, 0.25) is 11.8 Å². The number of hydrogen-bond acceptors (Lipinski definition) is 4. The molecular weight excluding hydrogens is 311 g/mol. The third-order valence-electron chi connectivity index (χ3n) is 1.82. The lowest BCUT2D eigenvalue weighted by Gasteiger charge is -2.11. The van der Waals surface area contributed by atoms with Crippen LogP contribution in [-0.4, -0.2) is 22.8 Å². The van der Waals surface area contributed by atoms with E-state index in [2.05, 4.69) is 26.2 Å². The molecule has 1 atom stereocenters. The number of halogens is 2. The number of hydrogen-bond donors (Lipinski definition) is 3. The zero-order valence-electron chi connectivity index (χ0n) is 8.61. The molecule has 2 amide bonds. The summed E-state index contributed by atoms with van der Waals surface area (Å²) in [6.45, 7) is 0. The van der Waals surface area contributed by atoms with Crippen LogP contribution in [-0.2, 0) is 9.59 Å². The summed E-state index contributed by atoms with van der Waals surface area (Å²) < 4.78 is 0.653. The van der Waals surface area contributed by atoms with Crippen molar-refractivity contribution in [3.8, 4) is 0 Å². The minimum Gasteiger partial charge on any atom is -0.370 e. The number of primary amides is 1. The third-order valence-corrected chi connectivity index (χ3v) is 2.56. The first-order valence-corrected chi connectivity index (χ1v) is 5.73. The van der Waals surface area contributed by atoms with Crippen LogP contribution >= 0.6 is 27.5 Å². The van der Waals surface area contributed by atoms with Gasteiger partial charge >= 0.3 is 0 Å². The third kappa shape index (κ3) is 4.29. The van der Waals surface area contributed by atoms with E-state index in [4.69, 9.17) is 23.1 Å². The van der Waals surface area contributed by atoms with E-state index in [9.17, 15) is 9.59 Å². The first kappa shape index (κ1) is 13.9. The maximum Gasteiger partial charge on any atom is 0.241 e. The molecule has 0 spiro atoms. The molecule has 1 aromatic heterocycles. The van der Waals surface area contributed by atoms with Crippen LogP contribution in [0.4, 0.5) is 5.69 Å². The minimum atomic E-state index is -1.01. The predicted molar refractivity (Wildman–Crippen MR) is 67.4 cm³/mol. The second-order valence-electron chi connectivity index (χ2n) is 3.26. The molecule has 1 rings (SSSR count). The van der Waals surface area contributed by atoms with Crippen LogP contribution in [0.5, 0.6) is 0 Å². The number of carbonyl (C=O) groups excluding carboxylic acids is 2. The molecule has 0 bridgehead atoms. The fourth-order valence-corrected chi connectivity index (χ4v) is 1.53. The summed E-state index contributed by atoms with van der Waals surface area (Å²) in [7, 11) is 0. The van der Waals surface area contributed by atoms with Crippen molar-refractivity contribution in [2.45, 2.75) is 12.5 Å². The number of pyridine rings is 1. The van der Waals surface area contributed by atoms with Crippen molar-refractivity contribution in [3.05, 3.63) is 21.9 Å². The van der Waals surface area contributed by atoms with Crippen LogP contribution in [0, 0.1) is 0 Å². The lowest BCUT2D eigenvalue weighted by Crippen LogP contribution is -2.39. The Morgan fingerprint density at radius 2 is 2.24 bits per heavy atom. The van der Waals surface area contributed by atoms with Gasteiger partial charge in [0.1, 0.15) is 0 Å². The number of nitrogens with two attached hydrogens (primary N) is 2. The lowest BCUT2D eigenvalue weighted by molar-refractivity contribution is -0.123. The van der Waals surface area contributed by atoms with Crippen LogP contribution in [0.25, 0.3) is 0 Å². The molecule has 0 fully saturated rings. The normalized spacial score (nSPS) is 11.9. The summed E-state index contributed by atoms with van der Waals surface area (Å²) in [5, 5.41) is 2.59. The van der Waals surface area contributed by atoms with Crippen LogP contribution in [0.15, 0.2) is 16.7 Å². The number of aromatic nitrogens is 1. The average molecular weight is 322 g/mol. The van der Waals surface area contributed by atoms with Crippen molar-refractivity contribution < 1.29 is 9.59 Å². The maximum atomic E-state index is 11.6. The molecule has 0 radical (unpaired) electrons. The molecule has 17 heavy (non-hydrogen) atoms. The van der Waals surface area contributed by atoms with Crippen molar-refractivity contribution in [2.24, 2.45) is 11.5 Å². The Morgan fingerprint density at radius 3 is 2.82 bits per heavy atom. The summed E-state index contributed by atoms with van der Waals surface area (Å²) in [5.41, 5.74) is 10.7. The summed E-state index contributed by atoms with van der Waals surface area (Å²) in [6.07, 6.45) is 1.26. The van der Waals surface area contributed by atoms with E-state index in [1.165, 1.54) is 6.20 Å². The van der Waals surface area contributed by atoms with E-state index in [-0.39, 0.29) is 11.6 Å². The van der Waals surface area contributed by atoms with Crippen LogP contribution in [0.2, 0.25) is 5.15 Å². The minimum absolute atomic E-state index is 0.132. The average Bonchev–Trinajstić information content (AvgIpc) is 2.22. The summed E-state index contributed by atoms with van der Waals surface area (Å²) in [6, 6.07) is 0.562. The Kier molecular flexibility index (Phi) is 4.86. The SMILES string of the molecule is NC(=O)CC(N)C(=O)Nc1cc(Br)cnc1Cl. The van der Waals surface area contributed by atoms with E-state index in [1.807, 2.05) is 0 Å². The first-order chi connectivity index (χ1) is 7.90. The molecule has 0 saturated heterocycles. The van der Waals surface area contributed by atoms with Crippen LogP contribution in [0.3, 0.4) is 0 Å². The molecular formula is C9H10BrClN4O2. The highest BCUT2D eigenvalue weighted by molar-refractivity contribution is 9.10. The van der Waals surface area contributed by atoms with Gasteiger partial charge in [0.05, 0.1) is 18.2 Å². The number of anilines is 1. The summed E-state index contributed by atoms with van der Waals surface area (Å²) in [5.74, 6) is -1.20. The highest BCUT2D eigenvalue weighted by Crippen LogP contribution is 2.22. The van der Waals surface area contributed by atoms with Crippen LogP contribution in [0.1, 0.15) is 6.42 Å². The van der Waals surface area contributed by atoms with Crippen molar-refractivity contribution >= 4 is 45.0 Å². The Morgan fingerprint density at radius 1 is 1.59 bits per heavy atom. The van der Waals surface area contributed by atoms with Gasteiger partial charge in [-0.15, -0.1) is 0 Å². The molecule has 0 aliphatic heterocycles. The van der Waals surface area contributed by atoms with E-state index in [1.54, 1.807) is 6.07 Å². The van der Waals surface area contributed by atoms with Crippen molar-refractivity contribution in [2.75, 3.05) is 5.32 Å². The fraction of sp³-hybridized carbons (Fsp3) is 0.222. The number of rotatable bonds is 4. The molecule has 6 nitrogen and oxygen atoms in total. The van der Waals surface area contributed by atoms with Crippen molar-refractivity contribution in [1.82, 2.24) is 4.98 Å². The van der Waals surface area contributed by atoms with E-state index < -0.39 is 17.9 Å². The topological polar surface area (TPSA) is 111 Å². The Hall–Kier alpha value is -1.18. The Bertz CT molecular complexity index is 455.